The Labute approximate surface area is 126 Å². The van der Waals surface area contributed by atoms with Crippen LogP contribution >= 0.6 is 0 Å². The number of hydrogen-bond acceptors (Lipinski definition) is 1. The Balaban J connectivity index is 2.06. The highest BCUT2D eigenvalue weighted by molar-refractivity contribution is 5.91. The maximum Gasteiger partial charge on any atom is 0.319 e. The molecule has 0 bridgehead atoms. The molecule has 2 amide bonds. The van der Waals surface area contributed by atoms with Crippen molar-refractivity contribution in [1.29, 1.82) is 0 Å². The van der Waals surface area contributed by atoms with Crippen LogP contribution in [0.4, 0.5) is 10.5 Å². The summed E-state index contributed by atoms with van der Waals surface area (Å²) in [5.74, 6) is 0. The lowest BCUT2D eigenvalue weighted by Crippen LogP contribution is -2.31. The van der Waals surface area contributed by atoms with Gasteiger partial charge in [-0.05, 0) is 37.0 Å². The topological polar surface area (TPSA) is 41.1 Å². The minimum atomic E-state index is -0.171. The van der Waals surface area contributed by atoms with Crippen molar-refractivity contribution in [3.05, 3.63) is 65.2 Å². The molecular formula is C18H22N2O. The molecule has 2 rings (SSSR count). The van der Waals surface area contributed by atoms with E-state index in [-0.39, 0.29) is 12.1 Å². The zero-order valence-electron chi connectivity index (χ0n) is 12.8. The van der Waals surface area contributed by atoms with Crippen molar-refractivity contribution in [2.45, 2.75) is 33.2 Å². The Morgan fingerprint density at radius 1 is 1.10 bits per heavy atom. The third-order valence-electron chi connectivity index (χ3n) is 3.63. The van der Waals surface area contributed by atoms with E-state index < -0.39 is 0 Å². The van der Waals surface area contributed by atoms with Crippen molar-refractivity contribution >= 4 is 11.7 Å². The highest BCUT2D eigenvalue weighted by Crippen LogP contribution is 2.21. The van der Waals surface area contributed by atoms with E-state index >= 15 is 0 Å². The van der Waals surface area contributed by atoms with Gasteiger partial charge in [0.1, 0.15) is 0 Å². The monoisotopic (exact) mass is 282 g/mol. The summed E-state index contributed by atoms with van der Waals surface area (Å²) >= 11 is 0. The summed E-state index contributed by atoms with van der Waals surface area (Å²) in [5, 5.41) is 5.95. The maximum atomic E-state index is 12.2. The number of urea groups is 1. The molecule has 2 aromatic rings. The van der Waals surface area contributed by atoms with E-state index in [9.17, 15) is 4.79 Å². The van der Waals surface area contributed by atoms with Crippen molar-refractivity contribution in [1.82, 2.24) is 5.32 Å². The van der Waals surface area contributed by atoms with Crippen molar-refractivity contribution in [2.75, 3.05) is 5.32 Å². The van der Waals surface area contributed by atoms with Crippen LogP contribution in [0.1, 0.15) is 36.6 Å². The molecule has 0 aliphatic rings. The van der Waals surface area contributed by atoms with Gasteiger partial charge in [-0.1, -0.05) is 55.5 Å². The first-order valence-electron chi connectivity index (χ1n) is 7.32. The summed E-state index contributed by atoms with van der Waals surface area (Å²) in [6.45, 7) is 6.08. The number of carbonyl (C=O) groups is 1. The van der Waals surface area contributed by atoms with E-state index in [0.29, 0.717) is 0 Å². The summed E-state index contributed by atoms with van der Waals surface area (Å²) in [5.41, 5.74) is 4.24. The van der Waals surface area contributed by atoms with Crippen molar-refractivity contribution < 1.29 is 4.79 Å². The average Bonchev–Trinajstić information content (AvgIpc) is 2.50. The Bertz CT molecular complexity index is 608. The van der Waals surface area contributed by atoms with Gasteiger partial charge in [0.15, 0.2) is 0 Å². The Kier molecular flexibility index (Phi) is 4.99. The molecule has 3 nitrogen and oxygen atoms in total. The second-order valence-electron chi connectivity index (χ2n) is 5.19. The Hall–Kier alpha value is -2.29. The second-order valence-corrected chi connectivity index (χ2v) is 5.19. The maximum absolute atomic E-state index is 12.2. The van der Waals surface area contributed by atoms with E-state index in [1.54, 1.807) is 0 Å². The number of rotatable bonds is 4. The fourth-order valence-electron chi connectivity index (χ4n) is 2.37. The lowest BCUT2D eigenvalue weighted by atomic mass is 10.1. The molecular weight excluding hydrogens is 260 g/mol. The van der Waals surface area contributed by atoms with Crippen LogP contribution in [0.15, 0.2) is 48.5 Å². The highest BCUT2D eigenvalue weighted by atomic mass is 16.2. The van der Waals surface area contributed by atoms with Crippen LogP contribution in [0.3, 0.4) is 0 Å². The molecule has 0 saturated carbocycles. The van der Waals surface area contributed by atoms with Gasteiger partial charge < -0.3 is 10.6 Å². The molecule has 110 valence electrons. The molecule has 1 atom stereocenters. The number of hydrogen-bond donors (Lipinski definition) is 2. The third kappa shape index (κ3) is 3.85. The fourth-order valence-corrected chi connectivity index (χ4v) is 2.37. The van der Waals surface area contributed by atoms with E-state index in [4.69, 9.17) is 0 Å². The third-order valence-corrected chi connectivity index (χ3v) is 3.63. The van der Waals surface area contributed by atoms with Gasteiger partial charge in [0.05, 0.1) is 6.04 Å². The van der Waals surface area contributed by atoms with Crippen LogP contribution < -0.4 is 10.6 Å². The predicted octanol–water partition coefficient (Wildman–Crippen LogP) is 4.44. The minimum absolute atomic E-state index is 0.0275. The molecule has 0 aliphatic heterocycles. The highest BCUT2D eigenvalue weighted by Gasteiger charge is 2.11. The van der Waals surface area contributed by atoms with E-state index in [0.717, 1.165) is 28.8 Å². The van der Waals surface area contributed by atoms with Gasteiger partial charge in [-0.2, -0.15) is 0 Å². The molecule has 3 heteroatoms. The van der Waals surface area contributed by atoms with Crippen LogP contribution in [-0.2, 0) is 6.42 Å². The quantitative estimate of drug-likeness (QED) is 0.855. The molecule has 0 radical (unpaired) electrons. The van der Waals surface area contributed by atoms with Gasteiger partial charge in [0.2, 0.25) is 0 Å². The van der Waals surface area contributed by atoms with E-state index in [2.05, 4.69) is 17.6 Å². The fraction of sp³-hybridized carbons (Fsp3) is 0.278. The van der Waals surface area contributed by atoms with E-state index in [1.807, 2.05) is 62.4 Å². The SMILES string of the molecule is CCc1cccc(C)c1NC(=O)N[C@@H](C)c1ccccc1. The van der Waals surface area contributed by atoms with Crippen LogP contribution in [0.25, 0.3) is 0 Å². The first-order chi connectivity index (χ1) is 10.1. The van der Waals surface area contributed by atoms with Gasteiger partial charge >= 0.3 is 6.03 Å². The van der Waals surface area contributed by atoms with Crippen molar-refractivity contribution in [3.8, 4) is 0 Å². The van der Waals surface area contributed by atoms with Gasteiger partial charge in [0.25, 0.3) is 0 Å². The molecule has 0 fully saturated rings. The molecule has 0 aromatic heterocycles. The largest absolute Gasteiger partial charge is 0.331 e. The van der Waals surface area contributed by atoms with Gasteiger partial charge in [-0.25, -0.2) is 4.79 Å². The number of carbonyl (C=O) groups excluding carboxylic acids is 1. The standard InChI is InChI=1S/C18H22N2O/c1-4-15-12-8-9-13(2)17(15)20-18(21)19-14(3)16-10-6-5-7-11-16/h5-12,14H,4H2,1-3H3,(H2,19,20,21)/t14-/m0/s1. The Morgan fingerprint density at radius 3 is 2.48 bits per heavy atom. The molecule has 2 N–H and O–H groups in total. The average molecular weight is 282 g/mol. The molecule has 21 heavy (non-hydrogen) atoms. The lowest BCUT2D eigenvalue weighted by molar-refractivity contribution is 0.249. The summed E-state index contributed by atoms with van der Waals surface area (Å²) in [7, 11) is 0. The minimum Gasteiger partial charge on any atom is -0.331 e. The summed E-state index contributed by atoms with van der Waals surface area (Å²) in [6, 6.07) is 15.8. The summed E-state index contributed by atoms with van der Waals surface area (Å²) < 4.78 is 0. The van der Waals surface area contributed by atoms with Crippen LogP contribution in [0.5, 0.6) is 0 Å². The molecule has 0 spiro atoms. The molecule has 0 aliphatic carbocycles. The second kappa shape index (κ2) is 6.93. The van der Waals surface area contributed by atoms with E-state index in [1.165, 1.54) is 0 Å². The number of amides is 2. The zero-order valence-corrected chi connectivity index (χ0v) is 12.8. The Morgan fingerprint density at radius 2 is 1.81 bits per heavy atom. The number of aryl methyl sites for hydroxylation is 2. The molecule has 2 aromatic carbocycles. The van der Waals surface area contributed by atoms with Crippen LogP contribution in [0, 0.1) is 6.92 Å². The van der Waals surface area contributed by atoms with Crippen LogP contribution in [-0.4, -0.2) is 6.03 Å². The predicted molar refractivity (Wildman–Crippen MR) is 87.6 cm³/mol. The molecule has 0 saturated heterocycles. The van der Waals surface area contributed by atoms with Crippen LogP contribution in [0.2, 0.25) is 0 Å². The van der Waals surface area contributed by atoms with Crippen molar-refractivity contribution in [2.24, 2.45) is 0 Å². The first-order valence-corrected chi connectivity index (χ1v) is 7.32. The van der Waals surface area contributed by atoms with Gasteiger partial charge in [-0.3, -0.25) is 0 Å². The zero-order chi connectivity index (χ0) is 15.2. The lowest BCUT2D eigenvalue weighted by Gasteiger charge is -2.17. The molecule has 0 heterocycles. The number of anilines is 1. The summed E-state index contributed by atoms with van der Waals surface area (Å²) in [4.78, 5) is 12.2. The van der Waals surface area contributed by atoms with Gasteiger partial charge in [0, 0.05) is 5.69 Å². The smallest absolute Gasteiger partial charge is 0.319 e. The molecule has 0 unspecified atom stereocenters. The first kappa shape index (κ1) is 15.1. The number of benzene rings is 2. The number of para-hydroxylation sites is 1. The number of nitrogens with one attached hydrogen (secondary N) is 2. The normalized spacial score (nSPS) is 11.8. The van der Waals surface area contributed by atoms with Gasteiger partial charge in [-0.15, -0.1) is 0 Å². The van der Waals surface area contributed by atoms with Crippen molar-refractivity contribution in [3.63, 3.8) is 0 Å². The summed E-state index contributed by atoms with van der Waals surface area (Å²) in [6.07, 6.45) is 0.894.